The van der Waals surface area contributed by atoms with Crippen molar-refractivity contribution in [2.24, 2.45) is 0 Å². The van der Waals surface area contributed by atoms with Crippen molar-refractivity contribution in [3.05, 3.63) is 59.2 Å². The van der Waals surface area contributed by atoms with Crippen molar-refractivity contribution in [2.45, 2.75) is 26.9 Å². The van der Waals surface area contributed by atoms with E-state index >= 15 is 0 Å². The van der Waals surface area contributed by atoms with Gasteiger partial charge in [-0.1, -0.05) is 17.3 Å². The molecule has 0 aliphatic carbocycles. The number of phenolic OH excluding ortho intramolecular Hbond substituents is 1. The number of nitrogens with zero attached hydrogens (tertiary/aromatic N) is 4. The minimum absolute atomic E-state index is 0.0275. The Balaban J connectivity index is 1.69. The second-order valence-electron chi connectivity index (χ2n) is 6.58. The maximum Gasteiger partial charge on any atom is 0.323 e. The number of phenols is 1. The lowest BCUT2D eigenvalue weighted by Crippen LogP contribution is -2.38. The first kappa shape index (κ1) is 19.9. The Kier molecular flexibility index (Phi) is 5.82. The maximum atomic E-state index is 12.6. The van der Waals surface area contributed by atoms with Gasteiger partial charge in [0.1, 0.15) is 18.1 Å². The van der Waals surface area contributed by atoms with Gasteiger partial charge in [0.2, 0.25) is 0 Å². The number of aryl methyl sites for hydroxylation is 2. The zero-order chi connectivity index (χ0) is 21.0. The number of urea groups is 1. The Morgan fingerprint density at radius 1 is 1.31 bits per heavy atom. The first-order valence-corrected chi connectivity index (χ1v) is 8.81. The van der Waals surface area contributed by atoms with Gasteiger partial charge in [-0.2, -0.15) is 5.10 Å². The number of benzene rings is 1. The van der Waals surface area contributed by atoms with Crippen LogP contribution in [0.3, 0.4) is 0 Å². The first-order chi connectivity index (χ1) is 13.8. The molecule has 0 unspecified atom stereocenters. The fourth-order valence-electron chi connectivity index (χ4n) is 2.84. The van der Waals surface area contributed by atoms with Gasteiger partial charge in [0.25, 0.3) is 0 Å². The number of nitrogens with one attached hydrogen (secondary N) is 1. The van der Waals surface area contributed by atoms with Gasteiger partial charge in [-0.25, -0.2) is 4.79 Å². The number of carboxylic acid groups (broad SMARTS) is 1. The van der Waals surface area contributed by atoms with Crippen LogP contribution in [0.25, 0.3) is 0 Å². The zero-order valence-electron chi connectivity index (χ0n) is 16.0. The third-order valence-corrected chi connectivity index (χ3v) is 4.28. The van der Waals surface area contributed by atoms with Gasteiger partial charge >= 0.3 is 12.0 Å². The minimum atomic E-state index is -1.14. The molecule has 3 aromatic rings. The lowest BCUT2D eigenvalue weighted by Gasteiger charge is -2.21. The summed E-state index contributed by atoms with van der Waals surface area (Å²) in [6.07, 6.45) is 3.11. The van der Waals surface area contributed by atoms with Crippen LogP contribution in [0, 0.1) is 13.8 Å². The molecule has 0 aliphatic heterocycles. The molecule has 29 heavy (non-hydrogen) atoms. The molecule has 0 radical (unpaired) electrons. The van der Waals surface area contributed by atoms with Gasteiger partial charge in [0, 0.05) is 18.3 Å². The summed E-state index contributed by atoms with van der Waals surface area (Å²) in [6.45, 7) is 3.61. The highest BCUT2D eigenvalue weighted by molar-refractivity contribution is 5.91. The van der Waals surface area contributed by atoms with Crippen LogP contribution in [0.4, 0.5) is 10.5 Å². The van der Waals surface area contributed by atoms with Crippen LogP contribution in [0.2, 0.25) is 0 Å². The topological polar surface area (TPSA) is 134 Å². The van der Waals surface area contributed by atoms with Crippen LogP contribution in [0.1, 0.15) is 22.6 Å². The molecule has 152 valence electrons. The molecule has 2 heterocycles. The molecule has 3 N–H and O–H groups in total. The average Bonchev–Trinajstić information content (AvgIpc) is 3.22. The molecule has 0 bridgehead atoms. The molecular weight excluding hydrogens is 378 g/mol. The number of amides is 2. The highest BCUT2D eigenvalue weighted by Crippen LogP contribution is 2.16. The Bertz CT molecular complexity index is 1010. The maximum absolute atomic E-state index is 12.6. The number of carboxylic acids is 1. The number of aromatic hydroxyl groups is 1. The lowest BCUT2D eigenvalue weighted by molar-refractivity contribution is -0.137. The van der Waals surface area contributed by atoms with Crippen LogP contribution in [0.15, 0.2) is 41.2 Å². The summed E-state index contributed by atoms with van der Waals surface area (Å²) in [6, 6.07) is 5.71. The van der Waals surface area contributed by atoms with Gasteiger partial charge in [-0.15, -0.1) is 0 Å². The molecule has 0 fully saturated rings. The van der Waals surface area contributed by atoms with E-state index in [-0.39, 0.29) is 12.3 Å². The monoisotopic (exact) mass is 399 g/mol. The number of hydrogen-bond acceptors (Lipinski definition) is 6. The summed E-state index contributed by atoms with van der Waals surface area (Å²) < 4.78 is 6.76. The summed E-state index contributed by atoms with van der Waals surface area (Å²) in [4.78, 5) is 24.9. The van der Waals surface area contributed by atoms with Crippen molar-refractivity contribution in [3.63, 3.8) is 0 Å². The van der Waals surface area contributed by atoms with Crippen LogP contribution in [0.5, 0.6) is 5.75 Å². The second kappa shape index (κ2) is 8.46. The van der Waals surface area contributed by atoms with Crippen molar-refractivity contribution >= 4 is 17.7 Å². The van der Waals surface area contributed by atoms with Crippen molar-refractivity contribution in [3.8, 4) is 5.75 Å². The van der Waals surface area contributed by atoms with E-state index in [9.17, 15) is 14.7 Å². The largest absolute Gasteiger partial charge is 0.508 e. The number of carbonyl (C=O) groups is 2. The summed E-state index contributed by atoms with van der Waals surface area (Å²) >= 11 is 0. The Morgan fingerprint density at radius 3 is 2.76 bits per heavy atom. The third-order valence-electron chi connectivity index (χ3n) is 4.28. The Hall–Kier alpha value is -3.82. The fraction of sp³-hybridized carbons (Fsp3) is 0.263. The minimum Gasteiger partial charge on any atom is -0.508 e. The average molecular weight is 399 g/mol. The molecule has 0 spiro atoms. The molecule has 3 rings (SSSR count). The van der Waals surface area contributed by atoms with E-state index in [4.69, 9.17) is 9.63 Å². The molecule has 10 nitrogen and oxygen atoms in total. The van der Waals surface area contributed by atoms with Crippen LogP contribution in [-0.2, 0) is 17.9 Å². The predicted molar refractivity (Wildman–Crippen MR) is 102 cm³/mol. The summed E-state index contributed by atoms with van der Waals surface area (Å²) in [5.74, 6) is -0.407. The lowest BCUT2D eigenvalue weighted by atomic mass is 10.2. The third kappa shape index (κ3) is 5.12. The molecule has 1 aromatic carbocycles. The number of carbonyl (C=O) groups excluding carboxylic acids is 1. The van der Waals surface area contributed by atoms with E-state index in [0.717, 1.165) is 16.2 Å². The normalized spacial score (nSPS) is 10.7. The smallest absolute Gasteiger partial charge is 0.323 e. The summed E-state index contributed by atoms with van der Waals surface area (Å²) in [7, 11) is 0. The van der Waals surface area contributed by atoms with Gasteiger partial charge < -0.3 is 25.0 Å². The highest BCUT2D eigenvalue weighted by Gasteiger charge is 2.18. The molecular formula is C19H21N5O5. The van der Waals surface area contributed by atoms with E-state index < -0.39 is 18.5 Å². The highest BCUT2D eigenvalue weighted by atomic mass is 16.5. The van der Waals surface area contributed by atoms with Crippen LogP contribution in [-0.4, -0.2) is 48.6 Å². The van der Waals surface area contributed by atoms with E-state index in [1.807, 2.05) is 13.8 Å². The molecule has 0 atom stereocenters. The van der Waals surface area contributed by atoms with Crippen LogP contribution < -0.4 is 5.32 Å². The van der Waals surface area contributed by atoms with Crippen molar-refractivity contribution < 1.29 is 24.3 Å². The zero-order valence-corrected chi connectivity index (χ0v) is 16.0. The molecule has 0 saturated heterocycles. The number of rotatable bonds is 7. The van der Waals surface area contributed by atoms with Crippen molar-refractivity contribution in [1.82, 2.24) is 19.8 Å². The molecule has 0 aliphatic rings. The molecule has 10 heteroatoms. The SMILES string of the molecule is Cc1noc(C)c1Cn1cc(NC(=O)N(CC(=O)O)Cc2cccc(O)c2)cn1. The summed E-state index contributed by atoms with van der Waals surface area (Å²) in [5.41, 5.74) is 2.70. The molecule has 2 aromatic heterocycles. The molecule has 0 saturated carbocycles. The number of anilines is 1. The second-order valence-corrected chi connectivity index (χ2v) is 6.58. The predicted octanol–water partition coefficient (Wildman–Crippen LogP) is 2.36. The standard InChI is InChI=1S/C19H21N5O5/c1-12-17(13(2)29-22-12)10-24-9-15(7-20-24)21-19(28)23(11-18(26)27)8-14-4-3-5-16(25)6-14/h3-7,9,25H,8,10-11H2,1-2H3,(H,21,28)(H,26,27). The number of hydrogen-bond donors (Lipinski definition) is 3. The van der Waals surface area contributed by atoms with E-state index in [1.165, 1.54) is 18.3 Å². The first-order valence-electron chi connectivity index (χ1n) is 8.81. The van der Waals surface area contributed by atoms with Gasteiger partial charge in [0.05, 0.1) is 24.1 Å². The number of aromatic nitrogens is 3. The van der Waals surface area contributed by atoms with Gasteiger partial charge in [-0.05, 0) is 31.5 Å². The number of aliphatic carboxylic acids is 1. The van der Waals surface area contributed by atoms with Crippen molar-refractivity contribution in [1.29, 1.82) is 0 Å². The van der Waals surface area contributed by atoms with Crippen LogP contribution >= 0.6 is 0 Å². The quantitative estimate of drug-likeness (QED) is 0.555. The van der Waals surface area contributed by atoms with Crippen molar-refractivity contribution in [2.75, 3.05) is 11.9 Å². The fourth-order valence-corrected chi connectivity index (χ4v) is 2.84. The summed E-state index contributed by atoms with van der Waals surface area (Å²) in [5, 5.41) is 29.5. The Labute approximate surface area is 166 Å². The van der Waals surface area contributed by atoms with E-state index in [2.05, 4.69) is 15.6 Å². The molecule has 2 amide bonds. The van der Waals surface area contributed by atoms with Gasteiger partial charge in [0.15, 0.2) is 0 Å². The van der Waals surface area contributed by atoms with E-state index in [0.29, 0.717) is 23.6 Å². The van der Waals surface area contributed by atoms with Gasteiger partial charge in [-0.3, -0.25) is 9.48 Å². The van der Waals surface area contributed by atoms with E-state index in [1.54, 1.807) is 23.0 Å². The Morgan fingerprint density at radius 2 is 2.10 bits per heavy atom.